The number of benzene rings is 1. The third-order valence-electron chi connectivity index (χ3n) is 3.08. The average molecular weight is 295 g/mol. The Hall–Kier alpha value is -2.64. The van der Waals surface area contributed by atoms with Gasteiger partial charge in [0.1, 0.15) is 5.82 Å². The SMILES string of the molecule is O=C1CCN(C(=O)Nc2c(F)cccc2C(=O)O)CCN1. The summed E-state index contributed by atoms with van der Waals surface area (Å²) in [5.41, 5.74) is -0.703. The molecule has 0 radical (unpaired) electrons. The van der Waals surface area contributed by atoms with Crippen molar-refractivity contribution in [3.05, 3.63) is 29.6 Å². The van der Waals surface area contributed by atoms with Gasteiger partial charge in [-0.1, -0.05) is 6.07 Å². The number of aromatic carboxylic acids is 1. The molecule has 1 heterocycles. The minimum Gasteiger partial charge on any atom is -0.478 e. The number of carboxylic acid groups (broad SMARTS) is 1. The number of nitrogens with zero attached hydrogens (tertiary/aromatic N) is 1. The Kier molecular flexibility index (Phi) is 4.36. The summed E-state index contributed by atoms with van der Waals surface area (Å²) in [7, 11) is 0. The highest BCUT2D eigenvalue weighted by Gasteiger charge is 2.22. The number of rotatable bonds is 2. The molecule has 3 amide bonds. The summed E-state index contributed by atoms with van der Waals surface area (Å²) in [4.78, 5) is 35.6. The van der Waals surface area contributed by atoms with Crippen LogP contribution in [-0.4, -0.2) is 47.5 Å². The summed E-state index contributed by atoms with van der Waals surface area (Å²) < 4.78 is 13.7. The first-order valence-electron chi connectivity index (χ1n) is 6.33. The van der Waals surface area contributed by atoms with E-state index in [-0.39, 0.29) is 36.7 Å². The van der Waals surface area contributed by atoms with Crippen LogP contribution in [0.25, 0.3) is 0 Å². The second-order valence-corrected chi connectivity index (χ2v) is 4.48. The predicted octanol–water partition coefficient (Wildman–Crippen LogP) is 0.878. The normalized spacial score (nSPS) is 15.1. The second kappa shape index (κ2) is 6.21. The molecule has 0 atom stereocenters. The van der Waals surface area contributed by atoms with Gasteiger partial charge in [0.15, 0.2) is 0 Å². The first-order valence-corrected chi connectivity index (χ1v) is 6.33. The maximum atomic E-state index is 13.7. The monoisotopic (exact) mass is 295 g/mol. The van der Waals surface area contributed by atoms with Crippen LogP contribution >= 0.6 is 0 Å². The fraction of sp³-hybridized carbons (Fsp3) is 0.308. The smallest absolute Gasteiger partial charge is 0.337 e. The molecular weight excluding hydrogens is 281 g/mol. The third kappa shape index (κ3) is 3.47. The molecule has 0 aliphatic carbocycles. The first kappa shape index (κ1) is 14.8. The van der Waals surface area contributed by atoms with Crippen LogP contribution in [0.4, 0.5) is 14.9 Å². The number of para-hydroxylation sites is 1. The maximum Gasteiger partial charge on any atom is 0.337 e. The van der Waals surface area contributed by atoms with Crippen LogP contribution in [0.1, 0.15) is 16.8 Å². The number of hydrogen-bond acceptors (Lipinski definition) is 3. The fourth-order valence-corrected chi connectivity index (χ4v) is 1.99. The van der Waals surface area contributed by atoms with Crippen molar-refractivity contribution in [2.45, 2.75) is 6.42 Å². The molecule has 1 aromatic rings. The molecule has 1 aliphatic rings. The van der Waals surface area contributed by atoms with Crippen LogP contribution in [-0.2, 0) is 4.79 Å². The van der Waals surface area contributed by atoms with Gasteiger partial charge in [-0.05, 0) is 12.1 Å². The fourth-order valence-electron chi connectivity index (χ4n) is 1.99. The minimum atomic E-state index is -1.34. The molecule has 7 nitrogen and oxygen atoms in total. The van der Waals surface area contributed by atoms with Crippen LogP contribution in [0.2, 0.25) is 0 Å². The zero-order valence-electron chi connectivity index (χ0n) is 11.1. The minimum absolute atomic E-state index is 0.149. The molecule has 112 valence electrons. The van der Waals surface area contributed by atoms with Crippen molar-refractivity contribution in [2.75, 3.05) is 25.0 Å². The molecule has 1 saturated heterocycles. The van der Waals surface area contributed by atoms with Gasteiger partial charge in [0.05, 0.1) is 11.3 Å². The van der Waals surface area contributed by atoms with Crippen LogP contribution in [0.15, 0.2) is 18.2 Å². The molecular formula is C13H14FN3O4. The Balaban J connectivity index is 2.16. The lowest BCUT2D eigenvalue weighted by Crippen LogP contribution is -2.38. The number of halogens is 1. The Labute approximate surface area is 119 Å². The molecule has 1 aromatic carbocycles. The Morgan fingerprint density at radius 1 is 1.33 bits per heavy atom. The van der Waals surface area contributed by atoms with Crippen molar-refractivity contribution >= 4 is 23.6 Å². The summed E-state index contributed by atoms with van der Waals surface area (Å²) in [6.07, 6.45) is 0.149. The number of carbonyl (C=O) groups excluding carboxylic acids is 2. The Bertz CT molecular complexity index is 591. The van der Waals surface area contributed by atoms with Crippen molar-refractivity contribution in [3.63, 3.8) is 0 Å². The average Bonchev–Trinajstić information content (AvgIpc) is 2.65. The highest BCUT2D eigenvalue weighted by molar-refractivity contribution is 6.00. The van der Waals surface area contributed by atoms with Crippen LogP contribution < -0.4 is 10.6 Å². The number of carbonyl (C=O) groups is 3. The van der Waals surface area contributed by atoms with Crippen molar-refractivity contribution in [1.29, 1.82) is 0 Å². The quantitative estimate of drug-likeness (QED) is 0.754. The number of carboxylic acids is 1. The first-order chi connectivity index (χ1) is 9.99. The van der Waals surface area contributed by atoms with E-state index in [0.717, 1.165) is 6.07 Å². The second-order valence-electron chi connectivity index (χ2n) is 4.48. The molecule has 0 aromatic heterocycles. The van der Waals surface area contributed by atoms with Gasteiger partial charge in [-0.3, -0.25) is 4.79 Å². The standard InChI is InChI=1S/C13H14FN3O4/c14-9-3-1-2-8(12(19)20)11(9)16-13(21)17-6-4-10(18)15-5-7-17/h1-3H,4-7H2,(H,15,18)(H,16,21)(H,19,20). The summed E-state index contributed by atoms with van der Waals surface area (Å²) in [6, 6.07) is 2.88. The number of nitrogens with one attached hydrogen (secondary N) is 2. The zero-order chi connectivity index (χ0) is 15.4. The Morgan fingerprint density at radius 2 is 2.10 bits per heavy atom. The molecule has 2 rings (SSSR count). The highest BCUT2D eigenvalue weighted by Crippen LogP contribution is 2.20. The van der Waals surface area contributed by atoms with E-state index in [4.69, 9.17) is 5.11 Å². The summed E-state index contributed by atoms with van der Waals surface area (Å²) in [5, 5.41) is 13.9. The maximum absolute atomic E-state index is 13.7. The summed E-state index contributed by atoms with van der Waals surface area (Å²) in [5.74, 6) is -2.33. The molecule has 0 spiro atoms. The highest BCUT2D eigenvalue weighted by atomic mass is 19.1. The number of hydrogen-bond donors (Lipinski definition) is 3. The van der Waals surface area contributed by atoms with Crippen molar-refractivity contribution in [1.82, 2.24) is 10.2 Å². The lowest BCUT2D eigenvalue weighted by atomic mass is 10.1. The predicted molar refractivity (Wildman–Crippen MR) is 71.6 cm³/mol. The van der Waals surface area contributed by atoms with Gasteiger partial charge in [-0.15, -0.1) is 0 Å². The third-order valence-corrected chi connectivity index (χ3v) is 3.08. The molecule has 3 N–H and O–H groups in total. The van der Waals surface area contributed by atoms with Gasteiger partial charge < -0.3 is 20.6 Å². The van der Waals surface area contributed by atoms with E-state index in [1.165, 1.54) is 17.0 Å². The molecule has 0 unspecified atom stereocenters. The number of anilines is 1. The zero-order valence-corrected chi connectivity index (χ0v) is 11.1. The summed E-state index contributed by atoms with van der Waals surface area (Å²) >= 11 is 0. The largest absolute Gasteiger partial charge is 0.478 e. The van der Waals surface area contributed by atoms with E-state index in [0.29, 0.717) is 6.54 Å². The van der Waals surface area contributed by atoms with E-state index >= 15 is 0 Å². The van der Waals surface area contributed by atoms with Gasteiger partial charge in [-0.25, -0.2) is 14.0 Å². The lowest BCUT2D eigenvalue weighted by Gasteiger charge is -2.20. The van der Waals surface area contributed by atoms with Crippen LogP contribution in [0.3, 0.4) is 0 Å². The van der Waals surface area contributed by atoms with Crippen molar-refractivity contribution < 1.29 is 23.9 Å². The molecule has 0 bridgehead atoms. The molecule has 1 fully saturated rings. The van der Waals surface area contributed by atoms with Crippen molar-refractivity contribution in [3.8, 4) is 0 Å². The van der Waals surface area contributed by atoms with E-state index in [1.807, 2.05) is 0 Å². The molecule has 1 aliphatic heterocycles. The van der Waals surface area contributed by atoms with E-state index in [9.17, 15) is 18.8 Å². The summed E-state index contributed by atoms with van der Waals surface area (Å²) in [6.45, 7) is 0.762. The Morgan fingerprint density at radius 3 is 2.81 bits per heavy atom. The number of urea groups is 1. The van der Waals surface area contributed by atoms with E-state index < -0.39 is 17.8 Å². The van der Waals surface area contributed by atoms with Crippen LogP contribution in [0.5, 0.6) is 0 Å². The molecule has 21 heavy (non-hydrogen) atoms. The van der Waals surface area contributed by atoms with Gasteiger partial charge >= 0.3 is 12.0 Å². The lowest BCUT2D eigenvalue weighted by molar-refractivity contribution is -0.120. The van der Waals surface area contributed by atoms with E-state index in [1.54, 1.807) is 0 Å². The van der Waals surface area contributed by atoms with E-state index in [2.05, 4.69) is 10.6 Å². The van der Waals surface area contributed by atoms with Crippen LogP contribution in [0, 0.1) is 5.82 Å². The molecule has 0 saturated carbocycles. The molecule has 8 heteroatoms. The van der Waals surface area contributed by atoms with Gasteiger partial charge in [0, 0.05) is 26.1 Å². The number of amides is 3. The van der Waals surface area contributed by atoms with Gasteiger partial charge in [0.25, 0.3) is 0 Å². The van der Waals surface area contributed by atoms with Gasteiger partial charge in [0.2, 0.25) is 5.91 Å². The van der Waals surface area contributed by atoms with Crippen molar-refractivity contribution in [2.24, 2.45) is 0 Å². The topological polar surface area (TPSA) is 98.7 Å². The van der Waals surface area contributed by atoms with Gasteiger partial charge in [-0.2, -0.15) is 0 Å².